The van der Waals surface area contributed by atoms with Crippen LogP contribution in [0.1, 0.15) is 41.6 Å². The van der Waals surface area contributed by atoms with Crippen molar-refractivity contribution < 1.29 is 13.6 Å². The molecule has 24 heavy (non-hydrogen) atoms. The monoisotopic (exact) mass is 345 g/mol. The summed E-state index contributed by atoms with van der Waals surface area (Å²) in [5.74, 6) is 1.13. The largest absolute Gasteiger partial charge is 0.459 e. The Bertz CT molecular complexity index is 847. The molecule has 3 aromatic rings. The van der Waals surface area contributed by atoms with Gasteiger partial charge in [-0.3, -0.25) is 4.79 Å². The second-order valence-electron chi connectivity index (χ2n) is 5.81. The number of carbonyl (C=O) groups excluding carboxylic acids is 1. The van der Waals surface area contributed by atoms with Crippen LogP contribution in [0.3, 0.4) is 0 Å². The van der Waals surface area contributed by atoms with Gasteiger partial charge < -0.3 is 13.4 Å². The highest BCUT2D eigenvalue weighted by Crippen LogP contribution is 2.26. The molecule has 0 aliphatic carbocycles. The van der Waals surface area contributed by atoms with E-state index in [1.165, 1.54) is 11.8 Å². The number of Topliss-reactive ketones (excluding diaryl/α,β-unsaturated/α-hetero) is 1. The van der Waals surface area contributed by atoms with Crippen molar-refractivity contribution in [1.82, 2.24) is 14.8 Å². The summed E-state index contributed by atoms with van der Waals surface area (Å²) in [6, 6.07) is 5.76. The summed E-state index contributed by atoms with van der Waals surface area (Å²) in [4.78, 5) is 12.5. The zero-order valence-electron chi connectivity index (χ0n) is 14.1. The first-order valence-corrected chi connectivity index (χ1v) is 8.67. The number of carbonyl (C=O) groups is 1. The lowest BCUT2D eigenvalue weighted by Crippen LogP contribution is -2.08. The Labute approximate surface area is 144 Å². The topological polar surface area (TPSA) is 74.1 Å². The van der Waals surface area contributed by atoms with Crippen LogP contribution in [-0.4, -0.2) is 26.3 Å². The van der Waals surface area contributed by atoms with Gasteiger partial charge in [0, 0.05) is 23.0 Å². The molecular formula is C17H19N3O3S. The Morgan fingerprint density at radius 1 is 1.33 bits per heavy atom. The summed E-state index contributed by atoms with van der Waals surface area (Å²) in [5.41, 5.74) is 2.84. The minimum absolute atomic E-state index is 0.0535. The lowest BCUT2D eigenvalue weighted by molar-refractivity contribution is 0.102. The molecule has 7 heteroatoms. The Hall–Kier alpha value is -2.28. The van der Waals surface area contributed by atoms with E-state index in [1.807, 2.05) is 19.9 Å². The maximum absolute atomic E-state index is 12.5. The number of hydrogen-bond donors (Lipinski definition) is 0. The molecule has 0 saturated carbocycles. The molecule has 0 amide bonds. The molecule has 0 N–H and O–H groups in total. The van der Waals surface area contributed by atoms with E-state index in [1.54, 1.807) is 18.4 Å². The SMILES string of the molecule is Cc1cc(C(=O)CSc2nnc(-c3ccco3)o2)c(C)n1C(C)C. The fourth-order valence-corrected chi connectivity index (χ4v) is 3.47. The van der Waals surface area contributed by atoms with E-state index in [9.17, 15) is 4.79 Å². The number of furan rings is 1. The van der Waals surface area contributed by atoms with Gasteiger partial charge in [0.25, 0.3) is 11.1 Å². The molecule has 0 aromatic carbocycles. The van der Waals surface area contributed by atoms with Crippen molar-refractivity contribution in [3.8, 4) is 11.7 Å². The van der Waals surface area contributed by atoms with E-state index in [-0.39, 0.29) is 11.5 Å². The van der Waals surface area contributed by atoms with Gasteiger partial charge in [-0.15, -0.1) is 10.2 Å². The summed E-state index contributed by atoms with van der Waals surface area (Å²) in [6.45, 7) is 8.21. The molecule has 0 bridgehead atoms. The zero-order chi connectivity index (χ0) is 17.3. The van der Waals surface area contributed by atoms with Crippen molar-refractivity contribution in [3.63, 3.8) is 0 Å². The van der Waals surface area contributed by atoms with E-state index in [4.69, 9.17) is 8.83 Å². The van der Waals surface area contributed by atoms with Crippen LogP contribution >= 0.6 is 11.8 Å². The number of aryl methyl sites for hydroxylation is 1. The fraction of sp³-hybridized carbons (Fsp3) is 0.353. The predicted molar refractivity (Wildman–Crippen MR) is 91.3 cm³/mol. The normalized spacial score (nSPS) is 11.4. The van der Waals surface area contributed by atoms with E-state index < -0.39 is 0 Å². The first-order valence-electron chi connectivity index (χ1n) is 7.69. The Kier molecular flexibility index (Phi) is 4.62. The lowest BCUT2D eigenvalue weighted by Gasteiger charge is -2.13. The van der Waals surface area contributed by atoms with Gasteiger partial charge in [0.05, 0.1) is 12.0 Å². The maximum atomic E-state index is 12.5. The molecule has 3 aromatic heterocycles. The smallest absolute Gasteiger partial charge is 0.284 e. The van der Waals surface area contributed by atoms with E-state index in [0.29, 0.717) is 22.9 Å². The predicted octanol–water partition coefficient (Wildman–Crippen LogP) is 4.30. The third-order valence-electron chi connectivity index (χ3n) is 3.77. The molecule has 0 spiro atoms. The van der Waals surface area contributed by atoms with E-state index >= 15 is 0 Å². The first-order chi connectivity index (χ1) is 11.5. The van der Waals surface area contributed by atoms with Crippen LogP contribution in [0, 0.1) is 13.8 Å². The van der Waals surface area contributed by atoms with Crippen LogP contribution in [0.2, 0.25) is 0 Å². The molecule has 126 valence electrons. The van der Waals surface area contributed by atoms with Gasteiger partial charge in [0.2, 0.25) is 0 Å². The van der Waals surface area contributed by atoms with Crippen molar-refractivity contribution in [3.05, 3.63) is 41.4 Å². The number of ketones is 1. The van der Waals surface area contributed by atoms with Gasteiger partial charge in [-0.1, -0.05) is 11.8 Å². The quantitative estimate of drug-likeness (QED) is 0.490. The van der Waals surface area contributed by atoms with Crippen LogP contribution in [0.15, 0.2) is 38.5 Å². The molecular weight excluding hydrogens is 326 g/mol. The number of aromatic nitrogens is 3. The number of rotatable bonds is 6. The molecule has 0 radical (unpaired) electrons. The first kappa shape index (κ1) is 16.6. The van der Waals surface area contributed by atoms with Crippen molar-refractivity contribution in [2.24, 2.45) is 0 Å². The summed E-state index contributed by atoms with van der Waals surface area (Å²) >= 11 is 1.23. The molecule has 3 rings (SSSR count). The number of nitrogens with zero attached hydrogens (tertiary/aromatic N) is 3. The fourth-order valence-electron chi connectivity index (χ4n) is 2.83. The summed E-state index contributed by atoms with van der Waals surface area (Å²) in [7, 11) is 0. The highest BCUT2D eigenvalue weighted by molar-refractivity contribution is 7.99. The van der Waals surface area contributed by atoms with E-state index in [2.05, 4.69) is 28.6 Å². The van der Waals surface area contributed by atoms with Crippen molar-refractivity contribution in [1.29, 1.82) is 0 Å². The van der Waals surface area contributed by atoms with Crippen LogP contribution in [0.25, 0.3) is 11.7 Å². The summed E-state index contributed by atoms with van der Waals surface area (Å²) in [5, 5.41) is 8.22. The molecule has 6 nitrogen and oxygen atoms in total. The van der Waals surface area contributed by atoms with Crippen LogP contribution in [0.4, 0.5) is 0 Å². The average molecular weight is 345 g/mol. The Morgan fingerprint density at radius 3 is 2.75 bits per heavy atom. The lowest BCUT2D eigenvalue weighted by atomic mass is 10.2. The standard InChI is InChI=1S/C17H19N3O3S/c1-10(2)20-11(3)8-13(12(20)4)14(21)9-24-17-19-18-16(23-17)15-6-5-7-22-15/h5-8,10H,9H2,1-4H3. The van der Waals surface area contributed by atoms with Gasteiger partial charge in [-0.2, -0.15) is 0 Å². The Morgan fingerprint density at radius 2 is 2.12 bits per heavy atom. The van der Waals surface area contributed by atoms with Gasteiger partial charge in [0.15, 0.2) is 11.5 Å². The third-order valence-corrected chi connectivity index (χ3v) is 4.58. The molecule has 0 saturated heterocycles. The van der Waals surface area contributed by atoms with Crippen molar-refractivity contribution >= 4 is 17.5 Å². The molecule has 0 aliphatic rings. The van der Waals surface area contributed by atoms with Crippen LogP contribution < -0.4 is 0 Å². The minimum atomic E-state index is 0.0535. The van der Waals surface area contributed by atoms with Gasteiger partial charge in [0.1, 0.15) is 0 Å². The minimum Gasteiger partial charge on any atom is -0.459 e. The van der Waals surface area contributed by atoms with Gasteiger partial charge in [-0.25, -0.2) is 0 Å². The Balaban J connectivity index is 1.69. The highest BCUT2D eigenvalue weighted by Gasteiger charge is 2.19. The third kappa shape index (κ3) is 3.17. The zero-order valence-corrected chi connectivity index (χ0v) is 14.9. The second-order valence-corrected chi connectivity index (χ2v) is 6.74. The van der Waals surface area contributed by atoms with Crippen LogP contribution in [0.5, 0.6) is 0 Å². The summed E-state index contributed by atoms with van der Waals surface area (Å²) in [6.07, 6.45) is 1.54. The van der Waals surface area contributed by atoms with Gasteiger partial charge >= 0.3 is 0 Å². The average Bonchev–Trinajstić information content (AvgIpc) is 3.24. The highest BCUT2D eigenvalue weighted by atomic mass is 32.2. The van der Waals surface area contributed by atoms with E-state index in [0.717, 1.165) is 17.0 Å². The molecule has 0 atom stereocenters. The van der Waals surface area contributed by atoms with Crippen molar-refractivity contribution in [2.75, 3.05) is 5.75 Å². The molecule has 0 aliphatic heterocycles. The molecule has 3 heterocycles. The molecule has 0 fully saturated rings. The second kappa shape index (κ2) is 6.68. The number of hydrogen-bond acceptors (Lipinski definition) is 6. The number of thioether (sulfide) groups is 1. The van der Waals surface area contributed by atoms with Gasteiger partial charge in [-0.05, 0) is 45.9 Å². The van der Waals surface area contributed by atoms with Crippen LogP contribution in [-0.2, 0) is 0 Å². The maximum Gasteiger partial charge on any atom is 0.284 e. The van der Waals surface area contributed by atoms with Crippen molar-refractivity contribution in [2.45, 2.75) is 39.0 Å². The summed E-state index contributed by atoms with van der Waals surface area (Å²) < 4.78 is 12.9. The molecule has 0 unspecified atom stereocenters.